The van der Waals surface area contributed by atoms with Gasteiger partial charge in [-0.15, -0.1) is 0 Å². The number of benzene rings is 2. The molecule has 2 N–H and O–H groups in total. The number of fused-ring (bicyclic) bond motifs is 3. The van der Waals surface area contributed by atoms with Crippen molar-refractivity contribution in [3.8, 4) is 23.0 Å². The van der Waals surface area contributed by atoms with Gasteiger partial charge in [0.25, 0.3) is 0 Å². The van der Waals surface area contributed by atoms with Crippen LogP contribution < -0.4 is 15.0 Å². The molecule has 3 aliphatic heterocycles. The molecule has 5 heterocycles. The predicted molar refractivity (Wildman–Crippen MR) is 175 cm³/mol. The van der Waals surface area contributed by atoms with Gasteiger partial charge in [0.1, 0.15) is 41.4 Å². The topological polar surface area (TPSA) is 95.9 Å². The number of hydrogen-bond acceptors (Lipinski definition) is 9. The van der Waals surface area contributed by atoms with Crippen LogP contribution in [0.4, 0.5) is 19.0 Å². The van der Waals surface area contributed by atoms with Crippen molar-refractivity contribution in [2.75, 3.05) is 57.9 Å². The van der Waals surface area contributed by atoms with Crippen molar-refractivity contribution in [1.29, 1.82) is 0 Å². The second-order valence-corrected chi connectivity index (χ2v) is 13.3. The molecular weight excluding hydrogens is 609 g/mol. The molecule has 12 heteroatoms. The predicted octanol–water partition coefficient (Wildman–Crippen LogP) is 5.55. The molecule has 0 saturated carbocycles. The first kappa shape index (κ1) is 31.8. The number of nitrogens with one attached hydrogen (secondary N) is 1. The van der Waals surface area contributed by atoms with Gasteiger partial charge < -0.3 is 24.8 Å². The van der Waals surface area contributed by atoms with Crippen LogP contribution in [-0.4, -0.2) is 95.3 Å². The van der Waals surface area contributed by atoms with E-state index in [1.807, 2.05) is 6.92 Å². The quantitative estimate of drug-likeness (QED) is 0.242. The van der Waals surface area contributed by atoms with Gasteiger partial charge in [0, 0.05) is 51.5 Å². The van der Waals surface area contributed by atoms with Gasteiger partial charge in [-0.25, -0.2) is 13.2 Å². The van der Waals surface area contributed by atoms with Crippen molar-refractivity contribution in [2.24, 2.45) is 0 Å². The summed E-state index contributed by atoms with van der Waals surface area (Å²) in [6.07, 6.45) is 3.93. The molecule has 3 saturated heterocycles. The number of phenolic OH excluding ortho intramolecular Hbond substituents is 1. The molecule has 0 aliphatic carbocycles. The number of nitrogens with zero attached hydrogens (tertiary/aromatic N) is 5. The molecule has 3 atom stereocenters. The van der Waals surface area contributed by atoms with Crippen molar-refractivity contribution in [2.45, 2.75) is 63.2 Å². The van der Waals surface area contributed by atoms with Gasteiger partial charge in [0.2, 0.25) is 0 Å². The van der Waals surface area contributed by atoms with Crippen LogP contribution in [0.2, 0.25) is 0 Å². The fourth-order valence-electron chi connectivity index (χ4n) is 8.04. The number of phenols is 1. The zero-order valence-corrected chi connectivity index (χ0v) is 27.1. The maximum absolute atomic E-state index is 16.9. The summed E-state index contributed by atoms with van der Waals surface area (Å²) in [7, 11) is 1.67. The number of alkyl halides is 1. The lowest BCUT2D eigenvalue weighted by atomic mass is 9.93. The van der Waals surface area contributed by atoms with Gasteiger partial charge in [-0.05, 0) is 66.8 Å². The second kappa shape index (κ2) is 12.4. The number of aromatic hydroxyl groups is 1. The van der Waals surface area contributed by atoms with Crippen molar-refractivity contribution in [3.63, 3.8) is 0 Å². The lowest BCUT2D eigenvalue weighted by Gasteiger charge is -2.43. The van der Waals surface area contributed by atoms with E-state index in [0.717, 1.165) is 25.8 Å². The summed E-state index contributed by atoms with van der Waals surface area (Å²) in [4.78, 5) is 18.2. The van der Waals surface area contributed by atoms with Gasteiger partial charge in [-0.3, -0.25) is 9.88 Å². The Labute approximate surface area is 272 Å². The molecule has 3 aliphatic rings. The molecule has 3 fully saturated rings. The number of methoxy groups -OCH3 is 1. The number of hydrogen-bond donors (Lipinski definition) is 2. The molecule has 0 spiro atoms. The summed E-state index contributed by atoms with van der Waals surface area (Å²) in [6, 6.07) is 5.87. The van der Waals surface area contributed by atoms with Crippen molar-refractivity contribution < 1.29 is 27.8 Å². The SMILES string of the molecule is CCc1c(F)ccc2cc(O)cc(-c3ncc4c(N5CCN[C@@](CC)(COC)C5)nc(OC[C@@]56CCCN5C[C@H](F)C6)nc4c3F)c12. The Morgan fingerprint density at radius 1 is 1.13 bits per heavy atom. The Balaban J connectivity index is 1.38. The lowest BCUT2D eigenvalue weighted by Crippen LogP contribution is -2.62. The molecule has 0 unspecified atom stereocenters. The molecule has 9 nitrogen and oxygen atoms in total. The van der Waals surface area contributed by atoms with Crippen molar-refractivity contribution in [3.05, 3.63) is 47.7 Å². The molecule has 0 amide bonds. The zero-order valence-electron chi connectivity index (χ0n) is 27.1. The molecule has 2 aromatic carbocycles. The van der Waals surface area contributed by atoms with E-state index in [9.17, 15) is 13.9 Å². The van der Waals surface area contributed by atoms with Gasteiger partial charge in [-0.2, -0.15) is 9.97 Å². The number of aryl methyl sites for hydroxylation is 1. The number of rotatable bonds is 9. The Hall–Kier alpha value is -3.74. The summed E-state index contributed by atoms with van der Waals surface area (Å²) in [5, 5.41) is 15.7. The molecule has 0 bridgehead atoms. The van der Waals surface area contributed by atoms with Gasteiger partial charge in [0.05, 0.1) is 23.1 Å². The highest BCUT2D eigenvalue weighted by Crippen LogP contribution is 2.42. The third-order valence-corrected chi connectivity index (χ3v) is 10.4. The standard InChI is InChI=1S/C35H41F3N6O3/c1-4-24-27(37)8-7-21-13-23(45)14-25(28(21)24)30-29(38)31-26(16-39-30)32(43-12-10-40-34(5-2,18-43)19-46-3)42-33(41-31)47-20-35-9-6-11-44(35)17-22(36)15-35/h7-8,13-14,16,22,40,45H,4-6,9-12,15,17-20H2,1-3H3/t22-,34-,35+/m1/s1. The average Bonchev–Trinajstić information content (AvgIpc) is 3.59. The number of ether oxygens (including phenoxy) is 2. The first-order chi connectivity index (χ1) is 22.7. The maximum Gasteiger partial charge on any atom is 0.319 e. The van der Waals surface area contributed by atoms with Crippen LogP contribution in [0.1, 0.15) is 45.1 Å². The minimum atomic E-state index is -0.920. The van der Waals surface area contributed by atoms with Crippen molar-refractivity contribution >= 4 is 27.5 Å². The molecule has 0 radical (unpaired) electrons. The zero-order chi connectivity index (χ0) is 32.9. The third kappa shape index (κ3) is 5.53. The monoisotopic (exact) mass is 650 g/mol. The molecule has 2 aromatic heterocycles. The summed E-state index contributed by atoms with van der Waals surface area (Å²) in [5.74, 6) is -0.749. The number of pyridine rings is 1. The van der Waals surface area contributed by atoms with E-state index in [0.29, 0.717) is 73.2 Å². The highest BCUT2D eigenvalue weighted by atomic mass is 19.1. The van der Waals surface area contributed by atoms with Crippen LogP contribution in [0.25, 0.3) is 32.9 Å². The van der Waals surface area contributed by atoms with E-state index in [1.165, 1.54) is 18.2 Å². The van der Waals surface area contributed by atoms with Crippen LogP contribution in [0.5, 0.6) is 11.8 Å². The van der Waals surface area contributed by atoms with E-state index in [4.69, 9.17) is 14.5 Å². The minimum Gasteiger partial charge on any atom is -0.508 e. The fraction of sp³-hybridized carbons (Fsp3) is 0.514. The number of piperazine rings is 1. The third-order valence-electron chi connectivity index (χ3n) is 10.4. The van der Waals surface area contributed by atoms with E-state index in [-0.39, 0.29) is 40.7 Å². The summed E-state index contributed by atoms with van der Waals surface area (Å²) >= 11 is 0. The summed E-state index contributed by atoms with van der Waals surface area (Å²) in [6.45, 7) is 7.59. The normalized spacial score (nSPS) is 24.8. The van der Waals surface area contributed by atoms with Gasteiger partial charge >= 0.3 is 6.01 Å². The Bertz CT molecular complexity index is 1820. The molecule has 7 rings (SSSR count). The number of aromatic nitrogens is 3. The lowest BCUT2D eigenvalue weighted by molar-refractivity contribution is 0.101. The smallest absolute Gasteiger partial charge is 0.319 e. The van der Waals surface area contributed by atoms with E-state index < -0.39 is 23.3 Å². The average molecular weight is 651 g/mol. The Kier molecular flexibility index (Phi) is 8.38. The highest BCUT2D eigenvalue weighted by Gasteiger charge is 2.49. The van der Waals surface area contributed by atoms with Crippen LogP contribution in [-0.2, 0) is 11.2 Å². The van der Waals surface area contributed by atoms with Crippen LogP contribution >= 0.6 is 0 Å². The molecule has 250 valence electrons. The first-order valence-electron chi connectivity index (χ1n) is 16.5. The van der Waals surface area contributed by atoms with Gasteiger partial charge in [-0.1, -0.05) is 19.9 Å². The Morgan fingerprint density at radius 2 is 1.98 bits per heavy atom. The molecular formula is C35H41F3N6O3. The van der Waals surface area contributed by atoms with Gasteiger partial charge in [0.15, 0.2) is 5.82 Å². The maximum atomic E-state index is 16.9. The fourth-order valence-corrected chi connectivity index (χ4v) is 8.04. The van der Waals surface area contributed by atoms with E-state index >= 15 is 4.39 Å². The Morgan fingerprint density at radius 3 is 2.77 bits per heavy atom. The first-order valence-corrected chi connectivity index (χ1v) is 16.5. The number of halogens is 3. The van der Waals surface area contributed by atoms with E-state index in [2.05, 4.69) is 32.0 Å². The van der Waals surface area contributed by atoms with Crippen LogP contribution in [0.3, 0.4) is 0 Å². The van der Waals surface area contributed by atoms with Crippen LogP contribution in [0.15, 0.2) is 30.5 Å². The largest absolute Gasteiger partial charge is 0.508 e. The minimum absolute atomic E-state index is 0.000476. The molecule has 47 heavy (non-hydrogen) atoms. The molecule has 4 aromatic rings. The summed E-state index contributed by atoms with van der Waals surface area (Å²) < 4.78 is 58.3. The number of anilines is 1. The second-order valence-electron chi connectivity index (χ2n) is 13.3. The van der Waals surface area contributed by atoms with Crippen LogP contribution in [0, 0.1) is 11.6 Å². The highest BCUT2D eigenvalue weighted by molar-refractivity contribution is 6.01. The van der Waals surface area contributed by atoms with Crippen molar-refractivity contribution in [1.82, 2.24) is 25.2 Å². The van der Waals surface area contributed by atoms with E-state index in [1.54, 1.807) is 19.4 Å². The summed E-state index contributed by atoms with van der Waals surface area (Å²) in [5.41, 5.74) is -0.166.